The summed E-state index contributed by atoms with van der Waals surface area (Å²) in [4.78, 5) is 12.1. The zero-order chi connectivity index (χ0) is 15.4. The van der Waals surface area contributed by atoms with Crippen LogP contribution in [0.5, 0.6) is 5.75 Å². The molecule has 2 aromatic rings. The molecule has 1 fully saturated rings. The van der Waals surface area contributed by atoms with E-state index in [1.54, 1.807) is 24.3 Å². The summed E-state index contributed by atoms with van der Waals surface area (Å²) in [6.45, 7) is 1.23. The fourth-order valence-electron chi connectivity index (χ4n) is 2.27. The summed E-state index contributed by atoms with van der Waals surface area (Å²) < 4.78 is 16.2. The Morgan fingerprint density at radius 1 is 1.41 bits per heavy atom. The summed E-state index contributed by atoms with van der Waals surface area (Å²) in [7, 11) is 0. The van der Waals surface area contributed by atoms with E-state index in [0.717, 1.165) is 19.4 Å². The lowest BCUT2D eigenvalue weighted by Gasteiger charge is -2.15. The molecule has 1 aliphatic rings. The third-order valence-corrected chi connectivity index (χ3v) is 3.66. The van der Waals surface area contributed by atoms with E-state index in [1.165, 1.54) is 12.5 Å². The van der Waals surface area contributed by atoms with E-state index in [0.29, 0.717) is 28.6 Å². The van der Waals surface area contributed by atoms with Gasteiger partial charge in [0.15, 0.2) is 0 Å². The first-order valence-corrected chi connectivity index (χ1v) is 7.47. The normalized spacial score (nSPS) is 17.4. The van der Waals surface area contributed by atoms with E-state index in [9.17, 15) is 4.79 Å². The average molecular weight is 322 g/mol. The zero-order valence-corrected chi connectivity index (χ0v) is 12.6. The van der Waals surface area contributed by atoms with E-state index in [1.807, 2.05) is 0 Å². The van der Waals surface area contributed by atoms with Gasteiger partial charge in [0.05, 0.1) is 23.6 Å². The Kier molecular flexibility index (Phi) is 4.65. The van der Waals surface area contributed by atoms with Crippen molar-refractivity contribution in [2.75, 3.05) is 18.5 Å². The highest BCUT2D eigenvalue weighted by molar-refractivity contribution is 6.31. The Morgan fingerprint density at radius 2 is 2.32 bits per heavy atom. The maximum atomic E-state index is 12.1. The van der Waals surface area contributed by atoms with Crippen LogP contribution < -0.4 is 10.1 Å². The number of ether oxygens (including phenoxy) is 2. The van der Waals surface area contributed by atoms with Crippen molar-refractivity contribution >= 4 is 23.2 Å². The number of benzene rings is 1. The molecule has 2 heterocycles. The summed E-state index contributed by atoms with van der Waals surface area (Å²) >= 11 is 6.00. The molecule has 116 valence electrons. The van der Waals surface area contributed by atoms with Gasteiger partial charge in [-0.2, -0.15) is 0 Å². The Balaban J connectivity index is 1.71. The summed E-state index contributed by atoms with van der Waals surface area (Å²) in [5, 5.41) is 3.30. The molecule has 1 atom stereocenters. The number of rotatable bonds is 5. The van der Waals surface area contributed by atoms with Crippen molar-refractivity contribution in [1.29, 1.82) is 0 Å². The number of carbonyl (C=O) groups excluding carboxylic acids is 1. The van der Waals surface area contributed by atoms with E-state index in [4.69, 9.17) is 25.5 Å². The van der Waals surface area contributed by atoms with Crippen LogP contribution in [-0.4, -0.2) is 25.2 Å². The predicted molar refractivity (Wildman–Crippen MR) is 82.6 cm³/mol. The van der Waals surface area contributed by atoms with Gasteiger partial charge in [-0.05, 0) is 37.1 Å². The second kappa shape index (κ2) is 6.85. The van der Waals surface area contributed by atoms with Crippen LogP contribution in [-0.2, 0) is 4.74 Å². The van der Waals surface area contributed by atoms with Gasteiger partial charge in [0.1, 0.15) is 18.6 Å². The largest absolute Gasteiger partial charge is 0.489 e. The fraction of sp³-hybridized carbons (Fsp3) is 0.312. The Labute approximate surface area is 133 Å². The van der Waals surface area contributed by atoms with Crippen molar-refractivity contribution in [2.24, 2.45) is 0 Å². The number of hydrogen-bond acceptors (Lipinski definition) is 4. The SMILES string of the molecule is O=C(Nc1cc(Cl)ccc1OC[C@H]1CCCO1)c1ccoc1. The second-order valence-electron chi connectivity index (χ2n) is 5.05. The van der Waals surface area contributed by atoms with Crippen LogP contribution in [0.2, 0.25) is 5.02 Å². The van der Waals surface area contributed by atoms with Gasteiger partial charge < -0.3 is 19.2 Å². The molecule has 0 spiro atoms. The standard InChI is InChI=1S/C16H16ClNO4/c17-12-3-4-15(22-10-13-2-1-6-21-13)14(8-12)18-16(19)11-5-7-20-9-11/h3-5,7-9,13H,1-2,6,10H2,(H,18,19)/t13-/m1/s1. The van der Waals surface area contributed by atoms with Crippen molar-refractivity contribution in [3.63, 3.8) is 0 Å². The van der Waals surface area contributed by atoms with Gasteiger partial charge in [0.2, 0.25) is 0 Å². The molecule has 6 heteroatoms. The summed E-state index contributed by atoms with van der Waals surface area (Å²) in [6.07, 6.45) is 4.98. The Bertz CT molecular complexity index is 636. The predicted octanol–water partition coefficient (Wildman–Crippen LogP) is 3.74. The first kappa shape index (κ1) is 14.9. The molecule has 1 N–H and O–H groups in total. The molecule has 1 aromatic carbocycles. The molecule has 0 unspecified atom stereocenters. The molecule has 22 heavy (non-hydrogen) atoms. The minimum Gasteiger partial charge on any atom is -0.489 e. The van der Waals surface area contributed by atoms with Gasteiger partial charge in [-0.15, -0.1) is 0 Å². The van der Waals surface area contributed by atoms with Gasteiger partial charge in [-0.25, -0.2) is 0 Å². The molecule has 1 saturated heterocycles. The van der Waals surface area contributed by atoms with Crippen LogP contribution in [0.25, 0.3) is 0 Å². The number of hydrogen-bond donors (Lipinski definition) is 1. The lowest BCUT2D eigenvalue weighted by atomic mass is 10.2. The summed E-state index contributed by atoms with van der Waals surface area (Å²) in [5.74, 6) is 0.287. The maximum Gasteiger partial charge on any atom is 0.259 e. The Morgan fingerprint density at radius 3 is 3.05 bits per heavy atom. The molecule has 0 saturated carbocycles. The third-order valence-electron chi connectivity index (χ3n) is 3.42. The smallest absolute Gasteiger partial charge is 0.259 e. The molecule has 0 aliphatic carbocycles. The van der Waals surface area contributed by atoms with E-state index >= 15 is 0 Å². The zero-order valence-electron chi connectivity index (χ0n) is 11.9. The molecule has 3 rings (SSSR count). The molecular weight excluding hydrogens is 306 g/mol. The van der Waals surface area contributed by atoms with Crippen LogP contribution in [0.15, 0.2) is 41.2 Å². The number of halogens is 1. The van der Waals surface area contributed by atoms with Gasteiger partial charge in [-0.1, -0.05) is 11.6 Å². The topological polar surface area (TPSA) is 60.7 Å². The van der Waals surface area contributed by atoms with E-state index < -0.39 is 0 Å². The summed E-state index contributed by atoms with van der Waals surface area (Å²) in [5.41, 5.74) is 0.960. The molecular formula is C16H16ClNO4. The lowest BCUT2D eigenvalue weighted by molar-refractivity contribution is 0.0682. The van der Waals surface area contributed by atoms with Crippen LogP contribution in [0, 0.1) is 0 Å². The van der Waals surface area contributed by atoms with E-state index in [2.05, 4.69) is 5.32 Å². The average Bonchev–Trinajstić information content (AvgIpc) is 3.20. The van der Waals surface area contributed by atoms with Crippen molar-refractivity contribution < 1.29 is 18.7 Å². The summed E-state index contributed by atoms with van der Waals surface area (Å²) in [6, 6.07) is 6.71. The number of carbonyl (C=O) groups is 1. The molecule has 0 bridgehead atoms. The van der Waals surface area contributed by atoms with Crippen molar-refractivity contribution in [3.05, 3.63) is 47.4 Å². The van der Waals surface area contributed by atoms with Crippen LogP contribution >= 0.6 is 11.6 Å². The first-order chi connectivity index (χ1) is 10.7. The lowest BCUT2D eigenvalue weighted by Crippen LogP contribution is -2.18. The maximum absolute atomic E-state index is 12.1. The van der Waals surface area contributed by atoms with Gasteiger partial charge in [-0.3, -0.25) is 4.79 Å². The van der Waals surface area contributed by atoms with Crippen molar-refractivity contribution in [1.82, 2.24) is 0 Å². The molecule has 0 radical (unpaired) electrons. The van der Waals surface area contributed by atoms with Crippen LogP contribution in [0.4, 0.5) is 5.69 Å². The number of furan rings is 1. The van der Waals surface area contributed by atoms with Crippen LogP contribution in [0.3, 0.4) is 0 Å². The molecule has 5 nitrogen and oxygen atoms in total. The molecule has 1 aromatic heterocycles. The van der Waals surface area contributed by atoms with Crippen molar-refractivity contribution in [3.8, 4) is 5.75 Å². The van der Waals surface area contributed by atoms with Crippen LogP contribution in [0.1, 0.15) is 23.2 Å². The van der Waals surface area contributed by atoms with Gasteiger partial charge in [0.25, 0.3) is 5.91 Å². The molecule has 1 aliphatic heterocycles. The number of amides is 1. The quantitative estimate of drug-likeness (QED) is 0.911. The minimum atomic E-state index is -0.280. The second-order valence-corrected chi connectivity index (χ2v) is 5.49. The number of anilines is 1. The Hall–Kier alpha value is -1.98. The monoisotopic (exact) mass is 321 g/mol. The highest BCUT2D eigenvalue weighted by atomic mass is 35.5. The number of nitrogens with one attached hydrogen (secondary N) is 1. The van der Waals surface area contributed by atoms with Crippen molar-refractivity contribution in [2.45, 2.75) is 18.9 Å². The first-order valence-electron chi connectivity index (χ1n) is 7.10. The minimum absolute atomic E-state index is 0.105. The van der Waals surface area contributed by atoms with E-state index in [-0.39, 0.29) is 12.0 Å². The fourth-order valence-corrected chi connectivity index (χ4v) is 2.44. The highest BCUT2D eigenvalue weighted by Crippen LogP contribution is 2.29. The third kappa shape index (κ3) is 3.61. The van der Waals surface area contributed by atoms with Gasteiger partial charge >= 0.3 is 0 Å². The highest BCUT2D eigenvalue weighted by Gasteiger charge is 2.18. The molecule has 1 amide bonds. The van der Waals surface area contributed by atoms with Gasteiger partial charge in [0, 0.05) is 11.6 Å².